The van der Waals surface area contributed by atoms with E-state index in [1.54, 1.807) is 0 Å². The number of aryl methyl sites for hydroxylation is 2. The van der Waals surface area contributed by atoms with Gasteiger partial charge in [-0.15, -0.1) is 0 Å². The van der Waals surface area contributed by atoms with Crippen LogP contribution in [-0.4, -0.2) is 23.7 Å². The standard InChI is InChI=1S/C14H19NO2/c1-9-5-4-6-10(2)13(9)15-8-7-12(11(15)3)14(16)17/h4-6,11-12H,7-8H2,1-3H3,(H,16,17)/t11-,12+/m1/s1. The number of aliphatic carboxylic acids is 1. The van der Waals surface area contributed by atoms with Crippen LogP contribution in [0.1, 0.15) is 24.5 Å². The summed E-state index contributed by atoms with van der Waals surface area (Å²) < 4.78 is 0. The normalized spacial score (nSPS) is 24.1. The molecular weight excluding hydrogens is 214 g/mol. The lowest BCUT2D eigenvalue weighted by atomic mass is 10.0. The van der Waals surface area contributed by atoms with E-state index < -0.39 is 5.97 Å². The molecule has 2 atom stereocenters. The molecule has 17 heavy (non-hydrogen) atoms. The van der Waals surface area contributed by atoms with E-state index in [1.165, 1.54) is 16.8 Å². The molecule has 0 radical (unpaired) electrons. The van der Waals surface area contributed by atoms with Crippen LogP contribution in [0, 0.1) is 19.8 Å². The van der Waals surface area contributed by atoms with Crippen molar-refractivity contribution in [3.05, 3.63) is 29.3 Å². The van der Waals surface area contributed by atoms with Gasteiger partial charge in [0.25, 0.3) is 0 Å². The van der Waals surface area contributed by atoms with Gasteiger partial charge in [-0.2, -0.15) is 0 Å². The van der Waals surface area contributed by atoms with Gasteiger partial charge in [0.2, 0.25) is 0 Å². The molecule has 2 rings (SSSR count). The number of para-hydroxylation sites is 1. The summed E-state index contributed by atoms with van der Waals surface area (Å²) in [5.41, 5.74) is 3.66. The van der Waals surface area contributed by atoms with Crippen LogP contribution in [0.4, 0.5) is 5.69 Å². The van der Waals surface area contributed by atoms with Crippen molar-refractivity contribution in [3.8, 4) is 0 Å². The smallest absolute Gasteiger partial charge is 0.308 e. The number of nitrogens with zero attached hydrogens (tertiary/aromatic N) is 1. The molecule has 0 amide bonds. The van der Waals surface area contributed by atoms with E-state index in [0.717, 1.165) is 13.0 Å². The van der Waals surface area contributed by atoms with Crippen molar-refractivity contribution in [1.29, 1.82) is 0 Å². The summed E-state index contributed by atoms with van der Waals surface area (Å²) in [7, 11) is 0. The minimum absolute atomic E-state index is 0.0762. The molecule has 1 fully saturated rings. The Labute approximate surface area is 102 Å². The van der Waals surface area contributed by atoms with Crippen LogP contribution in [-0.2, 0) is 4.79 Å². The van der Waals surface area contributed by atoms with Crippen molar-refractivity contribution in [3.63, 3.8) is 0 Å². The zero-order chi connectivity index (χ0) is 12.6. The molecule has 3 heteroatoms. The maximum absolute atomic E-state index is 11.1. The van der Waals surface area contributed by atoms with E-state index in [2.05, 4.69) is 30.9 Å². The van der Waals surface area contributed by atoms with Gasteiger partial charge in [0.1, 0.15) is 0 Å². The molecule has 1 aliphatic rings. The second-order valence-electron chi connectivity index (χ2n) is 4.91. The predicted molar refractivity (Wildman–Crippen MR) is 68.5 cm³/mol. The number of anilines is 1. The molecule has 3 nitrogen and oxygen atoms in total. The number of hydrogen-bond acceptors (Lipinski definition) is 2. The summed E-state index contributed by atoms with van der Waals surface area (Å²) in [5, 5.41) is 9.16. The Morgan fingerprint density at radius 2 is 1.94 bits per heavy atom. The second kappa shape index (κ2) is 4.40. The van der Waals surface area contributed by atoms with Gasteiger partial charge in [-0.05, 0) is 38.3 Å². The van der Waals surface area contributed by atoms with Crippen LogP contribution in [0.25, 0.3) is 0 Å². The average Bonchev–Trinajstić information content (AvgIpc) is 2.61. The van der Waals surface area contributed by atoms with Gasteiger partial charge < -0.3 is 10.0 Å². The van der Waals surface area contributed by atoms with Crippen LogP contribution in [0.3, 0.4) is 0 Å². The molecule has 0 spiro atoms. The Morgan fingerprint density at radius 1 is 1.35 bits per heavy atom. The molecule has 92 valence electrons. The lowest BCUT2D eigenvalue weighted by molar-refractivity contribution is -0.141. The first-order chi connectivity index (χ1) is 8.02. The largest absolute Gasteiger partial charge is 0.481 e. The molecule has 0 unspecified atom stereocenters. The summed E-state index contributed by atoms with van der Waals surface area (Å²) in [6.07, 6.45) is 0.740. The van der Waals surface area contributed by atoms with Gasteiger partial charge >= 0.3 is 5.97 Å². The first-order valence-electron chi connectivity index (χ1n) is 6.08. The molecule has 0 saturated carbocycles. The zero-order valence-corrected chi connectivity index (χ0v) is 10.6. The maximum atomic E-state index is 11.1. The van der Waals surface area contributed by atoms with Gasteiger partial charge in [-0.1, -0.05) is 18.2 Å². The molecule has 0 aromatic heterocycles. The van der Waals surface area contributed by atoms with E-state index in [9.17, 15) is 4.79 Å². The Kier molecular flexibility index (Phi) is 3.09. The highest BCUT2D eigenvalue weighted by Gasteiger charge is 2.36. The lowest BCUT2D eigenvalue weighted by Gasteiger charge is -2.28. The highest BCUT2D eigenvalue weighted by molar-refractivity contribution is 5.73. The van der Waals surface area contributed by atoms with E-state index >= 15 is 0 Å². The van der Waals surface area contributed by atoms with Gasteiger partial charge in [0.15, 0.2) is 0 Å². The van der Waals surface area contributed by atoms with Gasteiger partial charge in [0.05, 0.1) is 5.92 Å². The lowest BCUT2D eigenvalue weighted by Crippen LogP contribution is -2.33. The average molecular weight is 233 g/mol. The van der Waals surface area contributed by atoms with Crippen LogP contribution in [0.5, 0.6) is 0 Å². The number of carboxylic acid groups (broad SMARTS) is 1. The quantitative estimate of drug-likeness (QED) is 0.853. The summed E-state index contributed by atoms with van der Waals surface area (Å²) in [6.45, 7) is 7.02. The van der Waals surface area contributed by atoms with E-state index in [4.69, 9.17) is 5.11 Å². The Balaban J connectivity index is 2.33. The van der Waals surface area contributed by atoms with Crippen LogP contribution >= 0.6 is 0 Å². The van der Waals surface area contributed by atoms with Gasteiger partial charge in [-0.25, -0.2) is 0 Å². The molecular formula is C14H19NO2. The van der Waals surface area contributed by atoms with E-state index in [-0.39, 0.29) is 12.0 Å². The fraction of sp³-hybridized carbons (Fsp3) is 0.500. The van der Waals surface area contributed by atoms with Gasteiger partial charge in [-0.3, -0.25) is 4.79 Å². The van der Waals surface area contributed by atoms with Crippen LogP contribution in [0.2, 0.25) is 0 Å². The van der Waals surface area contributed by atoms with Crippen molar-refractivity contribution in [2.45, 2.75) is 33.2 Å². The third kappa shape index (κ3) is 2.02. The maximum Gasteiger partial charge on any atom is 0.308 e. The summed E-state index contributed by atoms with van der Waals surface area (Å²) in [6, 6.07) is 6.29. The van der Waals surface area contributed by atoms with Gasteiger partial charge in [0, 0.05) is 18.3 Å². The number of carbonyl (C=O) groups is 1. The van der Waals surface area contributed by atoms with Crippen molar-refractivity contribution in [1.82, 2.24) is 0 Å². The second-order valence-corrected chi connectivity index (χ2v) is 4.91. The highest BCUT2D eigenvalue weighted by Crippen LogP contribution is 2.34. The van der Waals surface area contributed by atoms with Crippen molar-refractivity contribution in [2.75, 3.05) is 11.4 Å². The third-order valence-electron chi connectivity index (χ3n) is 3.80. The molecule has 1 saturated heterocycles. The number of rotatable bonds is 2. The minimum Gasteiger partial charge on any atom is -0.481 e. The number of hydrogen-bond donors (Lipinski definition) is 1. The molecule has 0 aliphatic carbocycles. The first-order valence-corrected chi connectivity index (χ1v) is 6.08. The highest BCUT2D eigenvalue weighted by atomic mass is 16.4. The van der Waals surface area contributed by atoms with Crippen molar-refractivity contribution in [2.24, 2.45) is 5.92 Å². The molecule has 1 N–H and O–H groups in total. The summed E-state index contributed by atoms with van der Waals surface area (Å²) >= 11 is 0. The van der Waals surface area contributed by atoms with E-state index in [1.807, 2.05) is 13.0 Å². The number of carboxylic acids is 1. The van der Waals surface area contributed by atoms with Crippen LogP contribution < -0.4 is 4.90 Å². The fourth-order valence-corrected chi connectivity index (χ4v) is 2.84. The Morgan fingerprint density at radius 3 is 2.41 bits per heavy atom. The Hall–Kier alpha value is -1.51. The minimum atomic E-state index is -0.675. The molecule has 1 aromatic carbocycles. The monoisotopic (exact) mass is 233 g/mol. The number of benzene rings is 1. The molecule has 1 aromatic rings. The summed E-state index contributed by atoms with van der Waals surface area (Å²) in [4.78, 5) is 13.4. The molecule has 1 aliphatic heterocycles. The summed E-state index contributed by atoms with van der Waals surface area (Å²) in [5.74, 6) is -0.916. The SMILES string of the molecule is Cc1cccc(C)c1N1CC[C@H](C(=O)O)[C@H]1C. The molecule has 1 heterocycles. The fourth-order valence-electron chi connectivity index (χ4n) is 2.84. The molecule has 0 bridgehead atoms. The topological polar surface area (TPSA) is 40.5 Å². The van der Waals surface area contributed by atoms with Crippen molar-refractivity contribution >= 4 is 11.7 Å². The zero-order valence-electron chi connectivity index (χ0n) is 10.6. The van der Waals surface area contributed by atoms with E-state index in [0.29, 0.717) is 0 Å². The first kappa shape index (κ1) is 12.0. The van der Waals surface area contributed by atoms with Crippen LogP contribution in [0.15, 0.2) is 18.2 Å². The predicted octanol–water partition coefficient (Wildman–Crippen LogP) is 2.60. The Bertz CT molecular complexity index is 422. The van der Waals surface area contributed by atoms with Crippen molar-refractivity contribution < 1.29 is 9.90 Å². The third-order valence-corrected chi connectivity index (χ3v) is 3.80.